The quantitative estimate of drug-likeness (QED) is 0.150. The van der Waals surface area contributed by atoms with Gasteiger partial charge in [0.25, 0.3) is 11.6 Å². The van der Waals surface area contributed by atoms with Crippen molar-refractivity contribution in [2.75, 3.05) is 6.61 Å². The van der Waals surface area contributed by atoms with E-state index in [4.69, 9.17) is 4.74 Å². The number of ether oxygens (including phenoxy) is 1. The molecule has 3 aromatic carbocycles. The standard InChI is InChI=1S/C27H23N3O7/c1-2-37-23(31)15-20(16-11-13-17(14-12-16)30(35)36)25(27(33)34)29-26(32)24-18-7-3-5-9-21(18)28-22-10-6-4-8-19(22)24/h3-14,20,25H,2,15H2,1H3,(H,29,32)(H,33,34)/t20-,25+/m0/s1. The molecule has 0 unspecified atom stereocenters. The van der Waals surface area contributed by atoms with Crippen LogP contribution in [-0.4, -0.2) is 45.5 Å². The van der Waals surface area contributed by atoms with Crippen LogP contribution in [0.15, 0.2) is 72.8 Å². The van der Waals surface area contributed by atoms with Crippen molar-refractivity contribution in [2.45, 2.75) is 25.3 Å². The van der Waals surface area contributed by atoms with E-state index < -0.39 is 34.7 Å². The van der Waals surface area contributed by atoms with Gasteiger partial charge in [-0.1, -0.05) is 48.5 Å². The third kappa shape index (κ3) is 5.37. The van der Waals surface area contributed by atoms with Crippen molar-refractivity contribution >= 4 is 45.3 Å². The molecule has 1 heterocycles. The molecular formula is C27H23N3O7. The van der Waals surface area contributed by atoms with Crippen LogP contribution in [0, 0.1) is 10.1 Å². The number of amides is 1. The molecule has 4 rings (SSSR count). The Morgan fingerprint density at radius 1 is 0.973 bits per heavy atom. The molecule has 0 bridgehead atoms. The molecule has 1 aromatic heterocycles. The number of nitrogens with one attached hydrogen (secondary N) is 1. The normalized spacial score (nSPS) is 12.6. The van der Waals surface area contributed by atoms with E-state index >= 15 is 0 Å². The summed E-state index contributed by atoms with van der Waals surface area (Å²) in [6, 6.07) is 17.7. The zero-order valence-electron chi connectivity index (χ0n) is 19.8. The minimum absolute atomic E-state index is 0.0882. The summed E-state index contributed by atoms with van der Waals surface area (Å²) in [5.41, 5.74) is 1.53. The van der Waals surface area contributed by atoms with Gasteiger partial charge in [0.1, 0.15) is 6.04 Å². The highest BCUT2D eigenvalue weighted by Gasteiger charge is 2.34. The van der Waals surface area contributed by atoms with Crippen LogP contribution in [0.4, 0.5) is 5.69 Å². The first-order valence-electron chi connectivity index (χ1n) is 11.5. The summed E-state index contributed by atoms with van der Waals surface area (Å²) in [6.45, 7) is 1.71. The van der Waals surface area contributed by atoms with E-state index in [9.17, 15) is 29.6 Å². The summed E-state index contributed by atoms with van der Waals surface area (Å²) < 4.78 is 5.03. The van der Waals surface area contributed by atoms with Crippen LogP contribution >= 0.6 is 0 Å². The van der Waals surface area contributed by atoms with Gasteiger partial charge in [-0.25, -0.2) is 9.78 Å². The van der Waals surface area contributed by atoms with Gasteiger partial charge in [-0.15, -0.1) is 0 Å². The smallest absolute Gasteiger partial charge is 0.326 e. The molecule has 0 saturated heterocycles. The summed E-state index contributed by atoms with van der Waals surface area (Å²) in [6.07, 6.45) is -0.360. The highest BCUT2D eigenvalue weighted by atomic mass is 16.6. The Labute approximate surface area is 211 Å². The molecule has 1 amide bonds. The molecule has 0 aliphatic heterocycles. The number of carbonyl (C=O) groups is 3. The number of benzene rings is 3. The van der Waals surface area contributed by atoms with Crippen molar-refractivity contribution < 1.29 is 29.2 Å². The largest absolute Gasteiger partial charge is 0.480 e. The second kappa shape index (κ2) is 10.8. The zero-order valence-corrected chi connectivity index (χ0v) is 19.8. The fourth-order valence-electron chi connectivity index (χ4n) is 4.30. The van der Waals surface area contributed by atoms with E-state index in [-0.39, 0.29) is 24.3 Å². The number of para-hydroxylation sites is 2. The van der Waals surface area contributed by atoms with Crippen molar-refractivity contribution in [1.29, 1.82) is 0 Å². The number of carboxylic acids is 1. The summed E-state index contributed by atoms with van der Waals surface area (Å²) in [5.74, 6) is -3.74. The maximum absolute atomic E-state index is 13.7. The van der Waals surface area contributed by atoms with Crippen LogP contribution < -0.4 is 5.32 Å². The van der Waals surface area contributed by atoms with Gasteiger partial charge >= 0.3 is 11.9 Å². The SMILES string of the molecule is CCOC(=O)C[C@@H](c1ccc([N+](=O)[O-])cc1)[C@@H](NC(=O)c1c2ccccc2nc2ccccc12)C(=O)O. The Morgan fingerprint density at radius 2 is 1.54 bits per heavy atom. The fourth-order valence-corrected chi connectivity index (χ4v) is 4.30. The minimum atomic E-state index is -1.54. The van der Waals surface area contributed by atoms with Gasteiger partial charge in [-0.2, -0.15) is 0 Å². The lowest BCUT2D eigenvalue weighted by Gasteiger charge is -2.25. The predicted octanol–water partition coefficient (Wildman–Crippen LogP) is 4.22. The maximum Gasteiger partial charge on any atom is 0.326 e. The van der Waals surface area contributed by atoms with Gasteiger partial charge in [0, 0.05) is 28.8 Å². The van der Waals surface area contributed by atoms with E-state index in [0.717, 1.165) is 0 Å². The molecular weight excluding hydrogens is 478 g/mol. The van der Waals surface area contributed by atoms with Crippen molar-refractivity contribution in [3.8, 4) is 0 Å². The fraction of sp³-hybridized carbons (Fsp3) is 0.185. The maximum atomic E-state index is 13.7. The summed E-state index contributed by atoms with van der Waals surface area (Å²) in [5, 5.41) is 24.9. The second-order valence-corrected chi connectivity index (χ2v) is 8.27. The van der Waals surface area contributed by atoms with Gasteiger partial charge in [0.05, 0.1) is 34.5 Å². The van der Waals surface area contributed by atoms with Crippen molar-refractivity contribution in [1.82, 2.24) is 10.3 Å². The van der Waals surface area contributed by atoms with Gasteiger partial charge in [-0.3, -0.25) is 19.7 Å². The third-order valence-electron chi connectivity index (χ3n) is 5.99. The monoisotopic (exact) mass is 501 g/mol. The number of carbonyl (C=O) groups excluding carboxylic acids is 2. The Morgan fingerprint density at radius 3 is 2.05 bits per heavy atom. The highest BCUT2D eigenvalue weighted by molar-refractivity contribution is 6.16. The molecule has 0 saturated carbocycles. The first kappa shape index (κ1) is 25.2. The van der Waals surface area contributed by atoms with Gasteiger partial charge in [0.2, 0.25) is 0 Å². The molecule has 10 heteroatoms. The molecule has 0 radical (unpaired) electrons. The number of hydrogen-bond acceptors (Lipinski definition) is 7. The highest BCUT2D eigenvalue weighted by Crippen LogP contribution is 2.29. The molecule has 37 heavy (non-hydrogen) atoms. The number of nitrogens with zero attached hydrogens (tertiary/aromatic N) is 2. The Balaban J connectivity index is 1.78. The third-order valence-corrected chi connectivity index (χ3v) is 5.99. The Bertz CT molecular complexity index is 1450. The minimum Gasteiger partial charge on any atom is -0.480 e. The number of nitro benzene ring substituents is 1. The Kier molecular flexibility index (Phi) is 7.38. The number of aliphatic carboxylic acids is 1. The number of esters is 1. The van der Waals surface area contributed by atoms with Gasteiger partial charge in [-0.05, 0) is 24.6 Å². The number of fused-ring (bicyclic) bond motifs is 2. The molecule has 10 nitrogen and oxygen atoms in total. The summed E-state index contributed by atoms with van der Waals surface area (Å²) in [7, 11) is 0. The first-order valence-corrected chi connectivity index (χ1v) is 11.5. The van der Waals surface area contributed by atoms with Crippen LogP contribution in [0.5, 0.6) is 0 Å². The Hall–Kier alpha value is -4.86. The number of rotatable bonds is 9. The average molecular weight is 501 g/mol. The van der Waals surface area contributed by atoms with E-state index in [1.165, 1.54) is 24.3 Å². The van der Waals surface area contributed by atoms with Crippen LogP contribution in [0.1, 0.15) is 35.2 Å². The van der Waals surface area contributed by atoms with E-state index in [0.29, 0.717) is 27.4 Å². The number of nitro groups is 1. The molecule has 2 N–H and O–H groups in total. The lowest BCUT2D eigenvalue weighted by molar-refractivity contribution is -0.384. The first-order chi connectivity index (χ1) is 17.8. The lowest BCUT2D eigenvalue weighted by atomic mass is 9.87. The predicted molar refractivity (Wildman–Crippen MR) is 135 cm³/mol. The number of pyridine rings is 1. The van der Waals surface area contributed by atoms with E-state index in [1.807, 2.05) is 0 Å². The van der Waals surface area contributed by atoms with Crippen LogP contribution in [-0.2, 0) is 14.3 Å². The molecule has 0 aliphatic carbocycles. The van der Waals surface area contributed by atoms with Gasteiger partial charge < -0.3 is 15.2 Å². The summed E-state index contributed by atoms with van der Waals surface area (Å²) >= 11 is 0. The lowest BCUT2D eigenvalue weighted by Crippen LogP contribution is -2.45. The summed E-state index contributed by atoms with van der Waals surface area (Å²) in [4.78, 5) is 53.6. The van der Waals surface area contributed by atoms with Crippen LogP contribution in [0.3, 0.4) is 0 Å². The zero-order chi connectivity index (χ0) is 26.5. The van der Waals surface area contributed by atoms with Crippen molar-refractivity contribution in [3.05, 3.63) is 94.0 Å². The number of aromatic nitrogens is 1. The molecule has 0 aliphatic rings. The average Bonchev–Trinajstić information content (AvgIpc) is 2.89. The van der Waals surface area contributed by atoms with Gasteiger partial charge in [0.15, 0.2) is 0 Å². The number of carboxylic acid groups (broad SMARTS) is 1. The molecule has 0 fully saturated rings. The molecule has 0 spiro atoms. The van der Waals surface area contributed by atoms with E-state index in [1.54, 1.807) is 55.5 Å². The topological polar surface area (TPSA) is 149 Å². The van der Waals surface area contributed by atoms with Crippen LogP contribution in [0.25, 0.3) is 21.8 Å². The van der Waals surface area contributed by atoms with Crippen molar-refractivity contribution in [2.24, 2.45) is 0 Å². The molecule has 188 valence electrons. The van der Waals surface area contributed by atoms with E-state index in [2.05, 4.69) is 10.3 Å². The van der Waals surface area contributed by atoms with Crippen LogP contribution in [0.2, 0.25) is 0 Å². The second-order valence-electron chi connectivity index (χ2n) is 8.27. The number of non-ortho nitro benzene ring substituents is 1. The van der Waals surface area contributed by atoms with Crippen molar-refractivity contribution in [3.63, 3.8) is 0 Å². The molecule has 2 atom stereocenters. The number of hydrogen-bond donors (Lipinski definition) is 2. The molecule has 4 aromatic rings.